The molecule has 0 spiro atoms. The lowest BCUT2D eigenvalue weighted by atomic mass is 10.2. The molecule has 146 valence electrons. The van der Waals surface area contributed by atoms with Gasteiger partial charge in [-0.05, 0) is 49.6 Å². The summed E-state index contributed by atoms with van der Waals surface area (Å²) in [5.41, 5.74) is 2.89. The average Bonchev–Trinajstić information content (AvgIpc) is 2.65. The molecule has 5 nitrogen and oxygen atoms in total. The van der Waals surface area contributed by atoms with E-state index in [1.807, 2.05) is 57.2 Å². The van der Waals surface area contributed by atoms with Crippen LogP contribution in [0.5, 0.6) is 5.75 Å². The van der Waals surface area contributed by atoms with Crippen molar-refractivity contribution >= 4 is 10.0 Å². The van der Waals surface area contributed by atoms with Crippen molar-refractivity contribution in [3.05, 3.63) is 59.2 Å². The Balaban J connectivity index is 1.54. The van der Waals surface area contributed by atoms with E-state index in [1.54, 1.807) is 10.4 Å². The number of sulfonamides is 1. The zero-order valence-corrected chi connectivity index (χ0v) is 17.1. The summed E-state index contributed by atoms with van der Waals surface area (Å²) < 4.78 is 33.4. The van der Waals surface area contributed by atoms with Gasteiger partial charge < -0.3 is 4.74 Å². The molecule has 0 N–H and O–H groups in total. The zero-order chi connectivity index (χ0) is 19.4. The van der Waals surface area contributed by atoms with Crippen molar-refractivity contribution in [3.8, 4) is 5.75 Å². The lowest BCUT2D eigenvalue weighted by molar-refractivity contribution is 0.158. The molecule has 1 saturated heterocycles. The molecule has 0 radical (unpaired) electrons. The van der Waals surface area contributed by atoms with Gasteiger partial charge in [0, 0.05) is 32.7 Å². The number of benzene rings is 2. The van der Waals surface area contributed by atoms with Crippen LogP contribution in [-0.4, -0.2) is 57.0 Å². The topological polar surface area (TPSA) is 49.9 Å². The average molecular weight is 389 g/mol. The van der Waals surface area contributed by atoms with E-state index in [2.05, 4.69) is 4.90 Å². The molecule has 0 aromatic heterocycles. The lowest BCUT2D eigenvalue weighted by Crippen LogP contribution is -2.49. The predicted octanol–water partition coefficient (Wildman–Crippen LogP) is 3.00. The highest BCUT2D eigenvalue weighted by Gasteiger charge is 2.29. The molecule has 1 aliphatic rings. The molecular weight excluding hydrogens is 360 g/mol. The molecule has 2 aromatic rings. The van der Waals surface area contributed by atoms with Gasteiger partial charge in [0.25, 0.3) is 0 Å². The van der Waals surface area contributed by atoms with E-state index in [0.717, 1.165) is 42.1 Å². The normalized spacial score (nSPS) is 16.4. The van der Waals surface area contributed by atoms with Gasteiger partial charge in [0.15, 0.2) is 0 Å². The Labute approximate surface area is 162 Å². The van der Waals surface area contributed by atoms with E-state index in [4.69, 9.17) is 4.74 Å². The van der Waals surface area contributed by atoms with Crippen LogP contribution in [0.3, 0.4) is 0 Å². The Morgan fingerprint density at radius 1 is 0.926 bits per heavy atom. The molecule has 0 atom stereocenters. The molecule has 0 aliphatic carbocycles. The molecular formula is C21H28N2O3S. The second-order valence-electron chi connectivity index (χ2n) is 7.13. The minimum atomic E-state index is -3.43. The monoisotopic (exact) mass is 388 g/mol. The molecule has 0 saturated carbocycles. The quantitative estimate of drug-likeness (QED) is 0.763. The molecule has 2 aromatic carbocycles. The van der Waals surface area contributed by atoms with Crippen LogP contribution in [-0.2, 0) is 10.0 Å². The SMILES string of the molecule is Cc1ccc(C)c(S(=O)(=O)N2CCN(CCOc3ccccc3C)CC2)c1. The smallest absolute Gasteiger partial charge is 0.243 e. The molecule has 3 rings (SSSR count). The summed E-state index contributed by atoms with van der Waals surface area (Å²) in [6.45, 7) is 9.69. The number of rotatable bonds is 6. The number of piperazine rings is 1. The van der Waals surface area contributed by atoms with Gasteiger partial charge in [0.2, 0.25) is 10.0 Å². The molecule has 1 heterocycles. The van der Waals surface area contributed by atoms with Crippen LogP contribution in [0.15, 0.2) is 47.4 Å². The van der Waals surface area contributed by atoms with Gasteiger partial charge >= 0.3 is 0 Å². The van der Waals surface area contributed by atoms with E-state index in [1.165, 1.54) is 0 Å². The first-order valence-electron chi connectivity index (χ1n) is 9.36. The van der Waals surface area contributed by atoms with Crippen molar-refractivity contribution in [2.24, 2.45) is 0 Å². The maximum Gasteiger partial charge on any atom is 0.243 e. The minimum absolute atomic E-state index is 0.429. The summed E-state index contributed by atoms with van der Waals surface area (Å²) in [4.78, 5) is 2.69. The predicted molar refractivity (Wildman–Crippen MR) is 108 cm³/mol. The Bertz CT molecular complexity index is 888. The fraction of sp³-hybridized carbons (Fsp3) is 0.429. The third-order valence-electron chi connectivity index (χ3n) is 5.05. The number of para-hydroxylation sites is 1. The van der Waals surface area contributed by atoms with Crippen molar-refractivity contribution in [2.45, 2.75) is 25.7 Å². The van der Waals surface area contributed by atoms with Crippen LogP contribution in [0.2, 0.25) is 0 Å². The van der Waals surface area contributed by atoms with Crippen molar-refractivity contribution in [1.29, 1.82) is 0 Å². The van der Waals surface area contributed by atoms with Gasteiger partial charge in [0.05, 0.1) is 4.90 Å². The number of ether oxygens (including phenoxy) is 1. The van der Waals surface area contributed by atoms with Crippen molar-refractivity contribution in [2.75, 3.05) is 39.3 Å². The van der Waals surface area contributed by atoms with Crippen LogP contribution in [0.1, 0.15) is 16.7 Å². The number of aryl methyl sites for hydroxylation is 3. The van der Waals surface area contributed by atoms with Crippen molar-refractivity contribution < 1.29 is 13.2 Å². The summed E-state index contributed by atoms with van der Waals surface area (Å²) in [6.07, 6.45) is 0. The van der Waals surface area contributed by atoms with Gasteiger partial charge in [-0.15, -0.1) is 0 Å². The molecule has 0 unspecified atom stereocenters. The highest BCUT2D eigenvalue weighted by atomic mass is 32.2. The molecule has 6 heteroatoms. The van der Waals surface area contributed by atoms with E-state index in [0.29, 0.717) is 24.6 Å². The maximum atomic E-state index is 13.0. The van der Waals surface area contributed by atoms with Crippen LogP contribution in [0, 0.1) is 20.8 Å². The van der Waals surface area contributed by atoms with Crippen LogP contribution in [0.25, 0.3) is 0 Å². The molecule has 27 heavy (non-hydrogen) atoms. The first kappa shape index (κ1) is 19.9. The fourth-order valence-corrected chi connectivity index (χ4v) is 5.05. The van der Waals surface area contributed by atoms with Gasteiger partial charge in [-0.3, -0.25) is 4.90 Å². The number of hydrogen-bond acceptors (Lipinski definition) is 4. The minimum Gasteiger partial charge on any atom is -0.492 e. The summed E-state index contributed by atoms with van der Waals surface area (Å²) in [5.74, 6) is 0.911. The van der Waals surface area contributed by atoms with E-state index < -0.39 is 10.0 Å². The first-order chi connectivity index (χ1) is 12.9. The van der Waals surface area contributed by atoms with Gasteiger partial charge in [0.1, 0.15) is 12.4 Å². The van der Waals surface area contributed by atoms with Gasteiger partial charge in [-0.2, -0.15) is 4.31 Å². The molecule has 1 fully saturated rings. The molecule has 0 bridgehead atoms. The van der Waals surface area contributed by atoms with Crippen LogP contribution >= 0.6 is 0 Å². The second-order valence-corrected chi connectivity index (χ2v) is 9.03. The van der Waals surface area contributed by atoms with Gasteiger partial charge in [-0.1, -0.05) is 30.3 Å². The Kier molecular flexibility index (Phi) is 6.19. The summed E-state index contributed by atoms with van der Waals surface area (Å²) in [6, 6.07) is 13.6. The van der Waals surface area contributed by atoms with Crippen LogP contribution < -0.4 is 4.74 Å². The molecule has 0 amide bonds. The zero-order valence-electron chi connectivity index (χ0n) is 16.3. The third-order valence-corrected chi connectivity index (χ3v) is 7.09. The van der Waals surface area contributed by atoms with Crippen molar-refractivity contribution in [3.63, 3.8) is 0 Å². The third kappa shape index (κ3) is 4.69. The summed E-state index contributed by atoms with van der Waals surface area (Å²) in [5, 5.41) is 0. The Hall–Kier alpha value is -1.89. The number of hydrogen-bond donors (Lipinski definition) is 0. The fourth-order valence-electron chi connectivity index (χ4n) is 3.32. The second kappa shape index (κ2) is 8.42. The largest absolute Gasteiger partial charge is 0.492 e. The molecule has 1 aliphatic heterocycles. The summed E-state index contributed by atoms with van der Waals surface area (Å²) >= 11 is 0. The maximum absolute atomic E-state index is 13.0. The Morgan fingerprint density at radius 2 is 1.63 bits per heavy atom. The highest BCUT2D eigenvalue weighted by molar-refractivity contribution is 7.89. The van der Waals surface area contributed by atoms with E-state index in [-0.39, 0.29) is 0 Å². The lowest BCUT2D eigenvalue weighted by Gasteiger charge is -2.34. The Morgan fingerprint density at radius 3 is 2.33 bits per heavy atom. The van der Waals surface area contributed by atoms with Gasteiger partial charge in [-0.25, -0.2) is 8.42 Å². The first-order valence-corrected chi connectivity index (χ1v) is 10.8. The van der Waals surface area contributed by atoms with Crippen molar-refractivity contribution in [1.82, 2.24) is 9.21 Å². The van der Waals surface area contributed by atoms with E-state index >= 15 is 0 Å². The highest BCUT2D eigenvalue weighted by Crippen LogP contribution is 2.22. The van der Waals surface area contributed by atoms with E-state index in [9.17, 15) is 8.42 Å². The van der Waals surface area contributed by atoms with Crippen LogP contribution in [0.4, 0.5) is 0 Å². The standard InChI is InChI=1S/C21H28N2O3S/c1-17-8-9-19(3)21(16-17)27(24,25)23-12-10-22(11-13-23)14-15-26-20-7-5-4-6-18(20)2/h4-9,16H,10-15H2,1-3H3. The number of nitrogens with zero attached hydrogens (tertiary/aromatic N) is 2. The summed E-state index contributed by atoms with van der Waals surface area (Å²) in [7, 11) is -3.43.